The first-order valence-electron chi connectivity index (χ1n) is 9.45. The number of thiophene rings is 1. The summed E-state index contributed by atoms with van der Waals surface area (Å²) in [5.41, 5.74) is 8.17. The van der Waals surface area contributed by atoms with Crippen LogP contribution in [-0.2, 0) is 0 Å². The number of hydrogen-bond donors (Lipinski definition) is 1. The van der Waals surface area contributed by atoms with E-state index in [1.807, 2.05) is 15.6 Å². The van der Waals surface area contributed by atoms with Crippen molar-refractivity contribution in [3.63, 3.8) is 0 Å². The van der Waals surface area contributed by atoms with Gasteiger partial charge in [-0.3, -0.25) is 4.79 Å². The second kappa shape index (κ2) is 7.05. The van der Waals surface area contributed by atoms with Crippen LogP contribution in [0.15, 0.2) is 24.4 Å². The smallest absolute Gasteiger partial charge is 0.255 e. The Bertz CT molecular complexity index is 990. The van der Waals surface area contributed by atoms with Gasteiger partial charge in [0.05, 0.1) is 27.7 Å². The Morgan fingerprint density at radius 1 is 1.41 bits per heavy atom. The van der Waals surface area contributed by atoms with Crippen molar-refractivity contribution in [3.05, 3.63) is 34.8 Å². The predicted octanol–water partition coefficient (Wildman–Crippen LogP) is 3.61. The molecule has 7 heteroatoms. The van der Waals surface area contributed by atoms with Gasteiger partial charge < -0.3 is 10.6 Å². The number of fused-ring (bicyclic) bond motifs is 1. The molecule has 1 fully saturated rings. The lowest BCUT2D eigenvalue weighted by atomic mass is 10.1. The summed E-state index contributed by atoms with van der Waals surface area (Å²) in [6, 6.07) is 6.36. The highest BCUT2D eigenvalue weighted by Gasteiger charge is 2.30. The molecule has 4 heterocycles. The maximum absolute atomic E-state index is 13.4. The van der Waals surface area contributed by atoms with Crippen molar-refractivity contribution in [2.75, 3.05) is 13.1 Å². The van der Waals surface area contributed by atoms with E-state index in [2.05, 4.69) is 38.0 Å². The molecule has 0 saturated carbocycles. The largest absolute Gasteiger partial charge is 0.334 e. The number of likely N-dealkylation sites (tertiary alicyclic amines) is 1. The third kappa shape index (κ3) is 3.15. The van der Waals surface area contributed by atoms with E-state index < -0.39 is 0 Å². The molecule has 1 aliphatic rings. The lowest BCUT2D eigenvalue weighted by Crippen LogP contribution is -2.40. The number of aryl methyl sites for hydroxylation is 1. The average Bonchev–Trinajstić information content (AvgIpc) is 3.38. The van der Waals surface area contributed by atoms with Gasteiger partial charge >= 0.3 is 0 Å². The number of carbonyl (C=O) groups excluding carboxylic acids is 1. The van der Waals surface area contributed by atoms with Crippen molar-refractivity contribution >= 4 is 28.3 Å². The molecule has 6 nitrogen and oxygen atoms in total. The Balaban J connectivity index is 1.89. The van der Waals surface area contributed by atoms with Crippen LogP contribution in [0, 0.1) is 6.92 Å². The molecule has 4 rings (SSSR count). The van der Waals surface area contributed by atoms with E-state index in [0.717, 1.165) is 41.0 Å². The van der Waals surface area contributed by atoms with Gasteiger partial charge in [0.25, 0.3) is 5.91 Å². The van der Waals surface area contributed by atoms with Crippen molar-refractivity contribution in [1.82, 2.24) is 19.7 Å². The fraction of sp³-hybridized carbons (Fsp3) is 0.450. The van der Waals surface area contributed by atoms with Crippen LogP contribution < -0.4 is 5.73 Å². The summed E-state index contributed by atoms with van der Waals surface area (Å²) < 4.78 is 1.89. The number of carbonyl (C=O) groups is 1. The average molecular weight is 384 g/mol. The highest BCUT2D eigenvalue weighted by Crippen LogP contribution is 2.32. The molecule has 0 spiro atoms. The van der Waals surface area contributed by atoms with Crippen LogP contribution in [-0.4, -0.2) is 44.7 Å². The quantitative estimate of drug-likeness (QED) is 0.746. The van der Waals surface area contributed by atoms with Crippen LogP contribution >= 0.6 is 11.3 Å². The summed E-state index contributed by atoms with van der Waals surface area (Å²) in [5, 5.41) is 5.32. The minimum absolute atomic E-state index is 0.0354. The number of nitrogens with zero attached hydrogens (tertiary/aromatic N) is 4. The maximum Gasteiger partial charge on any atom is 0.255 e. The second-order valence-electron chi connectivity index (χ2n) is 7.42. The number of rotatable bonds is 4. The first-order valence-corrected chi connectivity index (χ1v) is 10.3. The monoisotopic (exact) mass is 383 g/mol. The topological polar surface area (TPSA) is 77.0 Å². The zero-order chi connectivity index (χ0) is 19.1. The molecule has 0 aliphatic carbocycles. The number of hydrogen-bond acceptors (Lipinski definition) is 5. The summed E-state index contributed by atoms with van der Waals surface area (Å²) in [7, 11) is 0. The summed E-state index contributed by atoms with van der Waals surface area (Å²) in [4.78, 5) is 22.5. The van der Waals surface area contributed by atoms with Crippen molar-refractivity contribution < 1.29 is 4.79 Å². The number of nitrogens with two attached hydrogens (primary N) is 1. The molecular weight excluding hydrogens is 358 g/mol. The number of aromatic nitrogens is 3. The van der Waals surface area contributed by atoms with Gasteiger partial charge in [-0.15, -0.1) is 11.3 Å². The van der Waals surface area contributed by atoms with Gasteiger partial charge in [-0.1, -0.05) is 0 Å². The summed E-state index contributed by atoms with van der Waals surface area (Å²) >= 11 is 1.69. The fourth-order valence-electron chi connectivity index (χ4n) is 3.77. The van der Waals surface area contributed by atoms with E-state index in [-0.39, 0.29) is 18.0 Å². The molecule has 1 amide bonds. The molecule has 3 aromatic rings. The molecule has 0 aromatic carbocycles. The highest BCUT2D eigenvalue weighted by atomic mass is 32.1. The van der Waals surface area contributed by atoms with Crippen molar-refractivity contribution in [2.24, 2.45) is 5.73 Å². The van der Waals surface area contributed by atoms with Gasteiger partial charge in [0.15, 0.2) is 5.65 Å². The third-order valence-corrected chi connectivity index (χ3v) is 6.21. The molecule has 1 saturated heterocycles. The van der Waals surface area contributed by atoms with E-state index in [9.17, 15) is 4.79 Å². The molecule has 142 valence electrons. The normalized spacial score (nSPS) is 17.4. The van der Waals surface area contributed by atoms with Crippen molar-refractivity contribution in [2.45, 2.75) is 45.7 Å². The lowest BCUT2D eigenvalue weighted by molar-refractivity contribution is 0.0743. The maximum atomic E-state index is 13.4. The van der Waals surface area contributed by atoms with Gasteiger partial charge in [0, 0.05) is 30.1 Å². The Kier molecular flexibility index (Phi) is 4.74. The van der Waals surface area contributed by atoms with Gasteiger partial charge in [0.1, 0.15) is 0 Å². The molecule has 27 heavy (non-hydrogen) atoms. The minimum Gasteiger partial charge on any atom is -0.334 e. The SMILES string of the molecule is Cc1ccc(-c2cc(C(=O)N3CCCC3CN)c3cnn(C(C)C)c3n2)s1. The molecule has 1 atom stereocenters. The Labute approximate surface area is 163 Å². The van der Waals surface area contributed by atoms with E-state index >= 15 is 0 Å². The second-order valence-corrected chi connectivity index (χ2v) is 8.70. The predicted molar refractivity (Wildman–Crippen MR) is 109 cm³/mol. The first-order chi connectivity index (χ1) is 13.0. The van der Waals surface area contributed by atoms with Crippen LogP contribution in [0.3, 0.4) is 0 Å². The third-order valence-electron chi connectivity index (χ3n) is 5.19. The van der Waals surface area contributed by atoms with Crippen molar-refractivity contribution in [3.8, 4) is 10.6 Å². The number of pyridine rings is 1. The van der Waals surface area contributed by atoms with Crippen LogP contribution in [0.25, 0.3) is 21.6 Å². The van der Waals surface area contributed by atoms with Crippen LogP contribution in [0.2, 0.25) is 0 Å². The fourth-order valence-corrected chi connectivity index (χ4v) is 4.60. The van der Waals surface area contributed by atoms with Gasteiger partial charge in [-0.2, -0.15) is 5.10 Å². The molecule has 1 unspecified atom stereocenters. The van der Waals surface area contributed by atoms with Crippen LogP contribution in [0.5, 0.6) is 0 Å². The van der Waals surface area contributed by atoms with Crippen LogP contribution in [0.4, 0.5) is 0 Å². The van der Waals surface area contributed by atoms with E-state index in [0.29, 0.717) is 12.1 Å². The highest BCUT2D eigenvalue weighted by molar-refractivity contribution is 7.15. The molecule has 3 aromatic heterocycles. The lowest BCUT2D eigenvalue weighted by Gasteiger charge is -2.24. The van der Waals surface area contributed by atoms with Gasteiger partial charge in [-0.05, 0) is 51.8 Å². The Hall–Kier alpha value is -2.25. The summed E-state index contributed by atoms with van der Waals surface area (Å²) in [5.74, 6) is 0.0354. The zero-order valence-corrected chi connectivity index (χ0v) is 16.8. The minimum atomic E-state index is 0.0354. The molecule has 0 radical (unpaired) electrons. The van der Waals surface area contributed by atoms with Gasteiger partial charge in [0.2, 0.25) is 0 Å². The first kappa shape index (κ1) is 18.1. The van der Waals surface area contributed by atoms with E-state index in [1.165, 1.54) is 4.88 Å². The molecule has 1 aliphatic heterocycles. The van der Waals surface area contributed by atoms with Gasteiger partial charge in [-0.25, -0.2) is 9.67 Å². The zero-order valence-electron chi connectivity index (χ0n) is 16.0. The van der Waals surface area contributed by atoms with E-state index in [4.69, 9.17) is 10.7 Å². The summed E-state index contributed by atoms with van der Waals surface area (Å²) in [6.45, 7) is 7.48. The molecule has 2 N–H and O–H groups in total. The Morgan fingerprint density at radius 3 is 2.89 bits per heavy atom. The van der Waals surface area contributed by atoms with E-state index in [1.54, 1.807) is 17.5 Å². The van der Waals surface area contributed by atoms with Crippen molar-refractivity contribution in [1.29, 1.82) is 0 Å². The number of amides is 1. The molecule has 0 bridgehead atoms. The standard InChI is InChI=1S/C20H25N5OS/c1-12(2)25-19-16(11-22-25)15(20(26)24-8-4-5-14(24)10-21)9-17(23-19)18-7-6-13(3)27-18/h6-7,9,11-12,14H,4-5,8,10,21H2,1-3H3. The van der Waals surface area contributed by atoms with Crippen LogP contribution in [0.1, 0.15) is 48.0 Å². The summed E-state index contributed by atoms with van der Waals surface area (Å²) in [6.07, 6.45) is 3.75. The Morgan fingerprint density at radius 2 is 2.22 bits per heavy atom. The molecular formula is C20H25N5OS.